The Morgan fingerprint density at radius 3 is 2.73 bits per heavy atom. The van der Waals surface area contributed by atoms with Gasteiger partial charge in [-0.1, -0.05) is 11.6 Å². The number of aromatic nitrogens is 2. The van der Waals surface area contributed by atoms with E-state index in [9.17, 15) is 0 Å². The first-order valence-electron chi connectivity index (χ1n) is 9.36. The summed E-state index contributed by atoms with van der Waals surface area (Å²) in [5.41, 5.74) is 1.54. The van der Waals surface area contributed by atoms with E-state index in [0.717, 1.165) is 37.1 Å². The average molecular weight is 406 g/mol. The maximum Gasteiger partial charge on any atom is 0.141 e. The van der Waals surface area contributed by atoms with Crippen molar-refractivity contribution in [2.75, 3.05) is 31.1 Å². The van der Waals surface area contributed by atoms with E-state index in [1.54, 1.807) is 27.4 Å². The minimum absolute atomic E-state index is 0.892. The molecule has 3 aromatic rings. The second kappa shape index (κ2) is 7.08. The Bertz CT molecular complexity index is 927. The van der Waals surface area contributed by atoms with Gasteiger partial charge < -0.3 is 9.80 Å². The molecule has 3 aromatic heterocycles. The molecule has 0 bridgehead atoms. The number of hydrogen-bond donors (Lipinski definition) is 1. The topological polar surface area (TPSA) is 33.5 Å². The number of thiophene rings is 2. The predicted octanol–water partition coefficient (Wildman–Crippen LogP) is 3.19. The van der Waals surface area contributed by atoms with Crippen LogP contribution in [0.3, 0.4) is 0 Å². The molecule has 2 aliphatic rings. The lowest BCUT2D eigenvalue weighted by Crippen LogP contribution is -3.13. The van der Waals surface area contributed by atoms with Crippen molar-refractivity contribution in [2.45, 2.75) is 32.2 Å². The lowest BCUT2D eigenvalue weighted by Gasteiger charge is -2.33. The van der Waals surface area contributed by atoms with Crippen molar-refractivity contribution in [3.8, 4) is 0 Å². The van der Waals surface area contributed by atoms with Gasteiger partial charge in [-0.15, -0.1) is 22.7 Å². The second-order valence-corrected chi connectivity index (χ2v) is 10.1. The summed E-state index contributed by atoms with van der Waals surface area (Å²) in [6, 6.07) is 4.17. The minimum atomic E-state index is 0.892. The highest BCUT2D eigenvalue weighted by atomic mass is 35.5. The first-order valence-corrected chi connectivity index (χ1v) is 11.4. The first kappa shape index (κ1) is 16.9. The minimum Gasteiger partial charge on any atom is -0.345 e. The highest BCUT2D eigenvalue weighted by molar-refractivity contribution is 7.19. The van der Waals surface area contributed by atoms with Crippen molar-refractivity contribution in [3.05, 3.63) is 38.1 Å². The van der Waals surface area contributed by atoms with E-state index in [-0.39, 0.29) is 0 Å². The van der Waals surface area contributed by atoms with E-state index >= 15 is 0 Å². The van der Waals surface area contributed by atoms with Crippen molar-refractivity contribution >= 4 is 50.3 Å². The number of rotatable bonds is 3. The van der Waals surface area contributed by atoms with Gasteiger partial charge in [-0.3, -0.25) is 0 Å². The smallest absolute Gasteiger partial charge is 0.141 e. The summed E-state index contributed by atoms with van der Waals surface area (Å²) in [7, 11) is 0. The summed E-state index contributed by atoms with van der Waals surface area (Å²) in [5.74, 6) is 1.17. The highest BCUT2D eigenvalue weighted by Gasteiger charge is 2.26. The fourth-order valence-corrected chi connectivity index (χ4v) is 6.60. The molecule has 0 spiro atoms. The molecular weight excluding hydrogens is 384 g/mol. The summed E-state index contributed by atoms with van der Waals surface area (Å²) in [6.45, 7) is 5.50. The van der Waals surface area contributed by atoms with Gasteiger partial charge in [0.25, 0.3) is 0 Å². The third-order valence-electron chi connectivity index (χ3n) is 5.55. The molecule has 0 unspecified atom stereocenters. The summed E-state index contributed by atoms with van der Waals surface area (Å²) >= 11 is 9.67. The maximum atomic E-state index is 6.07. The van der Waals surface area contributed by atoms with Gasteiger partial charge in [-0.05, 0) is 43.4 Å². The van der Waals surface area contributed by atoms with E-state index in [1.807, 2.05) is 17.4 Å². The molecule has 1 fully saturated rings. The van der Waals surface area contributed by atoms with Crippen LogP contribution < -0.4 is 9.80 Å². The Morgan fingerprint density at radius 1 is 1.08 bits per heavy atom. The Hall–Kier alpha value is -1.21. The Balaban J connectivity index is 1.36. The fourth-order valence-electron chi connectivity index (χ4n) is 4.22. The Kier molecular flexibility index (Phi) is 4.61. The molecule has 1 aliphatic heterocycles. The molecule has 1 N–H and O–H groups in total. The number of hydrogen-bond acceptors (Lipinski definition) is 5. The molecule has 1 aliphatic carbocycles. The molecule has 136 valence electrons. The van der Waals surface area contributed by atoms with E-state index < -0.39 is 0 Å². The maximum absolute atomic E-state index is 6.07. The van der Waals surface area contributed by atoms with Crippen LogP contribution in [-0.4, -0.2) is 36.1 Å². The molecule has 7 heteroatoms. The third-order valence-corrected chi connectivity index (χ3v) is 7.99. The standard InChI is InChI=1S/C19H21ClN4S2/c20-16-6-5-13(25-16)11-23-7-9-24(10-8-23)18-17-14-3-1-2-4-15(14)26-19(17)22-12-21-18/h5-6,12H,1-4,7-11H2/p+1. The Morgan fingerprint density at radius 2 is 1.92 bits per heavy atom. The molecule has 0 amide bonds. The van der Waals surface area contributed by atoms with Crippen LogP contribution in [0.15, 0.2) is 18.5 Å². The number of fused-ring (bicyclic) bond motifs is 3. The number of anilines is 1. The van der Waals surface area contributed by atoms with Gasteiger partial charge in [0.2, 0.25) is 0 Å². The van der Waals surface area contributed by atoms with Crippen molar-refractivity contribution in [1.82, 2.24) is 9.97 Å². The lowest BCUT2D eigenvalue weighted by molar-refractivity contribution is -0.914. The molecule has 0 atom stereocenters. The van der Waals surface area contributed by atoms with Crippen molar-refractivity contribution in [2.24, 2.45) is 0 Å². The molecule has 0 radical (unpaired) electrons. The SMILES string of the molecule is Clc1ccc(C[NH+]2CCN(c3ncnc4sc5c(c34)CCCC5)CC2)s1. The zero-order valence-corrected chi connectivity index (χ0v) is 17.0. The van der Waals surface area contributed by atoms with E-state index in [1.165, 1.54) is 52.2 Å². The fraction of sp³-hybridized carbons (Fsp3) is 0.474. The molecule has 4 nitrogen and oxygen atoms in total. The number of quaternary nitrogens is 1. The summed E-state index contributed by atoms with van der Waals surface area (Å²) in [6.07, 6.45) is 6.79. The van der Waals surface area contributed by atoms with Crippen molar-refractivity contribution in [1.29, 1.82) is 0 Å². The third kappa shape index (κ3) is 3.13. The van der Waals surface area contributed by atoms with Gasteiger partial charge in [-0.25, -0.2) is 9.97 Å². The number of aryl methyl sites for hydroxylation is 2. The van der Waals surface area contributed by atoms with Gasteiger partial charge in [0.1, 0.15) is 23.5 Å². The van der Waals surface area contributed by atoms with Crippen LogP contribution in [0.1, 0.15) is 28.2 Å². The largest absolute Gasteiger partial charge is 0.345 e. The van der Waals surface area contributed by atoms with Crippen LogP contribution in [0, 0.1) is 0 Å². The lowest BCUT2D eigenvalue weighted by atomic mass is 9.97. The van der Waals surface area contributed by atoms with Gasteiger partial charge >= 0.3 is 0 Å². The van der Waals surface area contributed by atoms with Crippen LogP contribution in [0.25, 0.3) is 10.2 Å². The number of nitrogens with one attached hydrogen (secondary N) is 1. The Labute approximate surface area is 166 Å². The second-order valence-electron chi connectivity index (χ2n) is 7.21. The monoisotopic (exact) mass is 405 g/mol. The molecular formula is C19H22ClN4S2+. The van der Waals surface area contributed by atoms with Crippen molar-refractivity contribution < 1.29 is 4.90 Å². The summed E-state index contributed by atoms with van der Waals surface area (Å²) in [4.78, 5) is 17.5. The molecule has 26 heavy (non-hydrogen) atoms. The number of nitrogens with zero attached hydrogens (tertiary/aromatic N) is 3. The van der Waals surface area contributed by atoms with E-state index in [4.69, 9.17) is 16.6 Å². The van der Waals surface area contributed by atoms with Gasteiger partial charge in [0, 0.05) is 4.88 Å². The van der Waals surface area contributed by atoms with E-state index in [2.05, 4.69) is 16.0 Å². The molecule has 5 rings (SSSR count). The van der Waals surface area contributed by atoms with Crippen LogP contribution in [-0.2, 0) is 19.4 Å². The molecule has 0 saturated carbocycles. The average Bonchev–Trinajstić information content (AvgIpc) is 3.25. The normalized spacial score (nSPS) is 18.4. The van der Waals surface area contributed by atoms with Gasteiger partial charge in [-0.2, -0.15) is 0 Å². The predicted molar refractivity (Wildman–Crippen MR) is 110 cm³/mol. The zero-order valence-electron chi connectivity index (χ0n) is 14.6. The van der Waals surface area contributed by atoms with Gasteiger partial charge in [0.15, 0.2) is 0 Å². The molecule has 1 saturated heterocycles. The first-order chi connectivity index (χ1) is 12.8. The number of piperazine rings is 1. The molecule has 0 aromatic carbocycles. The van der Waals surface area contributed by atoms with Crippen LogP contribution in [0.2, 0.25) is 4.34 Å². The van der Waals surface area contributed by atoms with Crippen LogP contribution >= 0.6 is 34.3 Å². The zero-order chi connectivity index (χ0) is 17.5. The van der Waals surface area contributed by atoms with E-state index in [0.29, 0.717) is 0 Å². The summed E-state index contributed by atoms with van der Waals surface area (Å²) < 4.78 is 0.892. The summed E-state index contributed by atoms with van der Waals surface area (Å²) in [5, 5.41) is 1.35. The van der Waals surface area contributed by atoms with Gasteiger partial charge in [0.05, 0.1) is 40.8 Å². The molecule has 4 heterocycles. The highest BCUT2D eigenvalue weighted by Crippen LogP contribution is 2.39. The quantitative estimate of drug-likeness (QED) is 0.726. The van der Waals surface area contributed by atoms with Crippen LogP contribution in [0.5, 0.6) is 0 Å². The van der Waals surface area contributed by atoms with Crippen LogP contribution in [0.4, 0.5) is 5.82 Å². The number of halogens is 1. The van der Waals surface area contributed by atoms with Crippen molar-refractivity contribution in [3.63, 3.8) is 0 Å².